The number of nitriles is 5. The lowest BCUT2D eigenvalue weighted by atomic mass is 9.93. The van der Waals surface area contributed by atoms with Crippen LogP contribution in [0.5, 0.6) is 0 Å². The summed E-state index contributed by atoms with van der Waals surface area (Å²) < 4.78 is 5.18. The highest BCUT2D eigenvalue weighted by Gasteiger charge is 2.29. The fourth-order valence-electron chi connectivity index (χ4n) is 6.42. The Labute approximate surface area is 335 Å². The van der Waals surface area contributed by atoms with Crippen molar-refractivity contribution in [1.29, 1.82) is 26.3 Å². The molecule has 14 heteroatoms. The second-order valence-electron chi connectivity index (χ2n) is 12.5. The summed E-state index contributed by atoms with van der Waals surface area (Å²) in [7, 11) is 0. The van der Waals surface area contributed by atoms with E-state index in [9.17, 15) is 50.9 Å². The summed E-state index contributed by atoms with van der Waals surface area (Å²) in [5, 5.41) is 68.2. The monoisotopic (exact) mass is 770 g/mol. The van der Waals surface area contributed by atoms with Crippen LogP contribution in [0, 0.1) is 63.2 Å². The molecule has 2 aromatic carbocycles. The van der Waals surface area contributed by atoms with Crippen LogP contribution in [0.2, 0.25) is 0 Å². The number of hydrogen-bond acceptors (Lipinski definition) is 10. The molecule has 1 fully saturated rings. The molecular formula is C44H34N8O6. The summed E-state index contributed by atoms with van der Waals surface area (Å²) >= 11 is 0. The van der Waals surface area contributed by atoms with Gasteiger partial charge in [0.2, 0.25) is 0 Å². The van der Waals surface area contributed by atoms with Gasteiger partial charge in [0.1, 0.15) is 17.7 Å². The van der Waals surface area contributed by atoms with Gasteiger partial charge in [-0.05, 0) is 78.5 Å². The molecule has 2 N–H and O–H groups in total. The summed E-state index contributed by atoms with van der Waals surface area (Å²) in [5.41, 5.74) is 3.17. The van der Waals surface area contributed by atoms with Crippen LogP contribution >= 0.6 is 0 Å². The Balaban J connectivity index is 1.79. The molecule has 14 nitrogen and oxygen atoms in total. The third-order valence-corrected chi connectivity index (χ3v) is 9.18. The van der Waals surface area contributed by atoms with Crippen LogP contribution in [-0.4, -0.2) is 76.9 Å². The molecule has 0 aromatic heterocycles. The number of ether oxygens (including phenoxy) is 1. The van der Waals surface area contributed by atoms with Crippen molar-refractivity contribution in [2.45, 2.75) is 25.8 Å². The van der Waals surface area contributed by atoms with E-state index < -0.39 is 24.1 Å². The lowest BCUT2D eigenvalue weighted by Crippen LogP contribution is -2.48. The van der Waals surface area contributed by atoms with E-state index in [1.165, 1.54) is 60.7 Å². The van der Waals surface area contributed by atoms with Gasteiger partial charge in [-0.2, -0.15) is 26.3 Å². The van der Waals surface area contributed by atoms with Crippen molar-refractivity contribution in [1.82, 2.24) is 9.80 Å². The Kier molecular flexibility index (Phi) is 14.8. The summed E-state index contributed by atoms with van der Waals surface area (Å²) in [6.07, 6.45) is 10.6. The van der Waals surface area contributed by atoms with Crippen molar-refractivity contribution in [2.24, 2.45) is 0 Å². The Morgan fingerprint density at radius 2 is 1.41 bits per heavy atom. The quantitative estimate of drug-likeness (QED) is 0.126. The first-order chi connectivity index (χ1) is 28.0. The first kappa shape index (κ1) is 42.3. The van der Waals surface area contributed by atoms with Crippen LogP contribution in [0.4, 0.5) is 4.79 Å². The molecule has 1 aliphatic heterocycles. The van der Waals surface area contributed by atoms with E-state index in [1.54, 1.807) is 24.0 Å². The van der Waals surface area contributed by atoms with Gasteiger partial charge in [-0.1, -0.05) is 48.6 Å². The van der Waals surface area contributed by atoms with Gasteiger partial charge in [-0.25, -0.2) is 21.0 Å². The van der Waals surface area contributed by atoms with E-state index in [4.69, 9.17) is 11.3 Å². The Morgan fingerprint density at radius 1 is 0.828 bits per heavy atom. The first-order valence-corrected chi connectivity index (χ1v) is 17.7. The van der Waals surface area contributed by atoms with Crippen molar-refractivity contribution in [3.8, 4) is 30.3 Å². The van der Waals surface area contributed by atoms with Crippen LogP contribution in [-0.2, 0) is 4.74 Å². The van der Waals surface area contributed by atoms with E-state index in [0.717, 1.165) is 16.8 Å². The highest BCUT2D eigenvalue weighted by Crippen LogP contribution is 2.36. The standard InChI is InChI=1S/C44H34N8O6/c1-3-58-44(57)52-22-20-51(21-23-52)41-31(6-4-8-35(24-45)39(37(26-47)27-48)29-10-16-33(17-11-29)42(53)54)14-15-32(41)7-5-9-36(25-46)40(38(28-49)50-2)30-12-18-34(19-13-30)43(55)56/h4-13,16-19,38H,3,14-15,20-23H2,1H3,(H,53,54)(H,55,56)/b6-4+,9-5+,32-7+,35-8+,40-36-. The van der Waals surface area contributed by atoms with Gasteiger partial charge in [-0.15, -0.1) is 0 Å². The van der Waals surface area contributed by atoms with Gasteiger partial charge in [0, 0.05) is 37.4 Å². The number of carboxylic acids is 2. The zero-order valence-corrected chi connectivity index (χ0v) is 31.2. The number of amides is 1. The molecule has 1 unspecified atom stereocenters. The minimum absolute atomic E-state index is 0.00127. The number of carboxylic acid groups (broad SMARTS) is 2. The normalized spacial score (nSPS) is 15.6. The smallest absolute Gasteiger partial charge is 0.409 e. The minimum atomic E-state index is -1.33. The van der Waals surface area contributed by atoms with Crippen LogP contribution in [0.15, 0.2) is 119 Å². The average molecular weight is 771 g/mol. The van der Waals surface area contributed by atoms with E-state index in [0.29, 0.717) is 50.1 Å². The van der Waals surface area contributed by atoms with E-state index >= 15 is 0 Å². The van der Waals surface area contributed by atoms with E-state index in [1.807, 2.05) is 30.4 Å². The molecule has 0 radical (unpaired) electrons. The number of rotatable bonds is 12. The number of piperazine rings is 1. The largest absolute Gasteiger partial charge is 0.478 e. The van der Waals surface area contributed by atoms with E-state index in [-0.39, 0.29) is 45.6 Å². The molecule has 286 valence electrons. The van der Waals surface area contributed by atoms with Gasteiger partial charge in [0.15, 0.2) is 6.07 Å². The second kappa shape index (κ2) is 20.3. The van der Waals surface area contributed by atoms with Crippen molar-refractivity contribution >= 4 is 29.2 Å². The molecule has 1 atom stereocenters. The number of carbonyl (C=O) groups excluding carboxylic acids is 1. The molecule has 0 bridgehead atoms. The predicted octanol–water partition coefficient (Wildman–Crippen LogP) is 6.98. The van der Waals surface area contributed by atoms with E-state index in [2.05, 4.69) is 21.9 Å². The molecule has 2 aromatic rings. The number of carbonyl (C=O) groups is 3. The molecule has 1 saturated heterocycles. The third-order valence-electron chi connectivity index (χ3n) is 9.18. The maximum absolute atomic E-state index is 12.5. The minimum Gasteiger partial charge on any atom is -0.478 e. The van der Waals surface area contributed by atoms with Gasteiger partial charge in [0.05, 0.1) is 46.6 Å². The number of aromatic carboxylic acids is 2. The van der Waals surface area contributed by atoms with Gasteiger partial charge >= 0.3 is 24.1 Å². The molecule has 1 heterocycles. The molecule has 4 rings (SSSR count). The highest BCUT2D eigenvalue weighted by atomic mass is 16.6. The lowest BCUT2D eigenvalue weighted by molar-refractivity contribution is 0.0686. The summed E-state index contributed by atoms with van der Waals surface area (Å²) in [6, 6.07) is 19.4. The average Bonchev–Trinajstić information content (AvgIpc) is 3.65. The van der Waals surface area contributed by atoms with Gasteiger partial charge in [-0.3, -0.25) is 4.85 Å². The molecule has 1 aliphatic carbocycles. The second-order valence-corrected chi connectivity index (χ2v) is 12.5. The van der Waals surface area contributed by atoms with Crippen LogP contribution in [0.25, 0.3) is 16.0 Å². The SMILES string of the molecule is [C-]#[N+]C(C#N)/C(=C(C#N)/C=C/C=C1\CCC(/C=C/C=C(\C#N)C(=C(C#N)C#N)c2ccc(C(=O)O)cc2)=C1N1CCN(C(=O)OCC)CC1)c1ccc(C(=O)O)cc1. The molecule has 2 aliphatic rings. The molecule has 1 amide bonds. The lowest BCUT2D eigenvalue weighted by Gasteiger charge is -2.37. The molecule has 0 saturated carbocycles. The van der Waals surface area contributed by atoms with Crippen LogP contribution in [0.3, 0.4) is 0 Å². The number of benzene rings is 2. The summed E-state index contributed by atoms with van der Waals surface area (Å²) in [4.78, 5) is 42.4. The number of allylic oxidation sites excluding steroid dienone is 12. The fraction of sp³-hybridized carbons (Fsp3) is 0.205. The van der Waals surface area contributed by atoms with Crippen molar-refractivity contribution < 1.29 is 29.3 Å². The van der Waals surface area contributed by atoms with Crippen molar-refractivity contribution in [3.05, 3.63) is 152 Å². The Hall–Kier alpha value is -8.43. The highest BCUT2D eigenvalue weighted by molar-refractivity contribution is 5.92. The number of nitrogens with zero attached hydrogens (tertiary/aromatic N) is 8. The zero-order valence-electron chi connectivity index (χ0n) is 31.2. The van der Waals surface area contributed by atoms with Crippen molar-refractivity contribution in [2.75, 3.05) is 32.8 Å². The number of hydrogen-bond donors (Lipinski definition) is 2. The van der Waals surface area contributed by atoms with Crippen molar-refractivity contribution in [3.63, 3.8) is 0 Å². The third kappa shape index (κ3) is 10.0. The summed E-state index contributed by atoms with van der Waals surface area (Å²) in [5.74, 6) is -2.31. The first-order valence-electron chi connectivity index (χ1n) is 17.7. The van der Waals surface area contributed by atoms with Gasteiger partial charge < -0.3 is 24.7 Å². The predicted molar refractivity (Wildman–Crippen MR) is 210 cm³/mol. The molecule has 58 heavy (non-hydrogen) atoms. The Bertz CT molecular complexity index is 2420. The summed E-state index contributed by atoms with van der Waals surface area (Å²) in [6.45, 7) is 11.3. The maximum atomic E-state index is 12.5. The fourth-order valence-corrected chi connectivity index (χ4v) is 6.42. The van der Waals surface area contributed by atoms with Crippen LogP contribution in [0.1, 0.15) is 51.6 Å². The molecular weight excluding hydrogens is 737 g/mol. The topological polar surface area (TPSA) is 231 Å². The van der Waals surface area contributed by atoms with Gasteiger partial charge in [0.25, 0.3) is 0 Å². The zero-order chi connectivity index (χ0) is 42.2. The van der Waals surface area contributed by atoms with Crippen LogP contribution < -0.4 is 0 Å². The maximum Gasteiger partial charge on any atom is 0.409 e. The Morgan fingerprint density at radius 3 is 1.91 bits per heavy atom. The molecule has 0 spiro atoms.